The van der Waals surface area contributed by atoms with Crippen LogP contribution in [0.15, 0.2) is 28.7 Å². The molecule has 6 nitrogen and oxygen atoms in total. The van der Waals surface area contributed by atoms with Crippen LogP contribution in [0.25, 0.3) is 16.5 Å². The third-order valence-corrected chi connectivity index (χ3v) is 4.61. The smallest absolute Gasteiger partial charge is 0.410 e. The molecule has 132 valence electrons. The van der Waals surface area contributed by atoms with Gasteiger partial charge in [0.15, 0.2) is 0 Å². The second-order valence-corrected chi connectivity index (χ2v) is 7.88. The molecule has 0 radical (unpaired) electrons. The lowest BCUT2D eigenvalue weighted by atomic mass is 10.1. The minimum atomic E-state index is -0.526. The largest absolute Gasteiger partial charge is 0.444 e. The number of carbonyl (C=O) groups excluding carboxylic acids is 2. The second kappa shape index (κ2) is 6.22. The molecule has 1 aromatic carbocycles. The average molecular weight is 406 g/mol. The Morgan fingerprint density at radius 2 is 2.04 bits per heavy atom. The number of ether oxygens (including phenoxy) is 1. The Labute approximate surface area is 154 Å². The highest BCUT2D eigenvalue weighted by atomic mass is 79.9. The van der Waals surface area contributed by atoms with E-state index in [1.54, 1.807) is 17.0 Å². The van der Waals surface area contributed by atoms with Crippen molar-refractivity contribution in [3.63, 3.8) is 0 Å². The molecule has 1 aliphatic rings. The Kier molecular flexibility index (Phi) is 4.36. The van der Waals surface area contributed by atoms with E-state index in [1.165, 1.54) is 0 Å². The number of nitrogens with two attached hydrogens (primary N) is 1. The first-order valence-corrected chi connectivity index (χ1v) is 8.73. The van der Waals surface area contributed by atoms with Crippen molar-refractivity contribution in [3.8, 4) is 0 Å². The topological polar surface area (TPSA) is 88.4 Å². The molecular weight excluding hydrogens is 386 g/mol. The molecule has 2 amide bonds. The number of fused-ring (bicyclic) bond motifs is 1. The van der Waals surface area contributed by atoms with Gasteiger partial charge in [0.25, 0.3) is 5.91 Å². The minimum absolute atomic E-state index is 0.339. The summed E-state index contributed by atoms with van der Waals surface area (Å²) in [7, 11) is 0. The Hall–Kier alpha value is -2.28. The summed E-state index contributed by atoms with van der Waals surface area (Å²) in [6, 6.07) is 5.44. The molecule has 0 atom stereocenters. The highest BCUT2D eigenvalue weighted by Gasteiger charge is 2.26. The summed E-state index contributed by atoms with van der Waals surface area (Å²) in [5.74, 6) is -0.485. The lowest BCUT2D eigenvalue weighted by Crippen LogP contribution is -2.35. The molecule has 0 fully saturated rings. The third-order valence-electron chi connectivity index (χ3n) is 3.92. The first kappa shape index (κ1) is 17.5. The molecule has 2 heterocycles. The summed E-state index contributed by atoms with van der Waals surface area (Å²) in [6.07, 6.45) is 1.64. The predicted octanol–water partition coefficient (Wildman–Crippen LogP) is 3.66. The second-order valence-electron chi connectivity index (χ2n) is 7.02. The molecule has 0 aliphatic carbocycles. The first-order valence-electron chi connectivity index (χ1n) is 7.94. The first-order chi connectivity index (χ1) is 11.7. The Morgan fingerprint density at radius 3 is 2.68 bits per heavy atom. The molecular formula is C18H20BrN3O3. The van der Waals surface area contributed by atoms with Gasteiger partial charge in [-0.15, -0.1) is 0 Å². The number of H-pyrrole nitrogens is 1. The summed E-state index contributed by atoms with van der Waals surface area (Å²) in [5.41, 5.74) is 7.89. The van der Waals surface area contributed by atoms with E-state index in [9.17, 15) is 9.59 Å². The maximum Gasteiger partial charge on any atom is 0.410 e. The fourth-order valence-corrected chi connectivity index (χ4v) is 3.22. The van der Waals surface area contributed by atoms with Gasteiger partial charge in [0.1, 0.15) is 5.60 Å². The minimum Gasteiger partial charge on any atom is -0.444 e. The Bertz CT molecular complexity index is 893. The van der Waals surface area contributed by atoms with E-state index in [4.69, 9.17) is 10.5 Å². The van der Waals surface area contributed by atoms with Crippen LogP contribution in [0.1, 0.15) is 36.8 Å². The number of carbonyl (C=O) groups is 2. The lowest BCUT2D eigenvalue weighted by Gasteiger charge is -2.24. The van der Waals surface area contributed by atoms with E-state index < -0.39 is 11.5 Å². The lowest BCUT2D eigenvalue weighted by molar-refractivity contribution is 0.0306. The van der Waals surface area contributed by atoms with E-state index in [1.807, 2.05) is 32.9 Å². The van der Waals surface area contributed by atoms with Crippen LogP contribution in [0.4, 0.5) is 4.79 Å². The van der Waals surface area contributed by atoms with Crippen LogP contribution >= 0.6 is 15.9 Å². The molecule has 2 aromatic rings. The zero-order valence-corrected chi connectivity index (χ0v) is 15.9. The fourth-order valence-electron chi connectivity index (χ4n) is 2.78. The van der Waals surface area contributed by atoms with Gasteiger partial charge in [-0.2, -0.15) is 0 Å². The monoisotopic (exact) mass is 405 g/mol. The maximum atomic E-state index is 12.2. The van der Waals surface area contributed by atoms with Crippen LogP contribution < -0.4 is 5.73 Å². The molecule has 1 aromatic heterocycles. The highest BCUT2D eigenvalue weighted by Crippen LogP contribution is 2.31. The van der Waals surface area contributed by atoms with E-state index in [2.05, 4.69) is 20.9 Å². The van der Waals surface area contributed by atoms with Crippen molar-refractivity contribution < 1.29 is 14.3 Å². The van der Waals surface area contributed by atoms with Crippen molar-refractivity contribution >= 4 is 44.4 Å². The summed E-state index contributed by atoms with van der Waals surface area (Å²) < 4.78 is 6.28. The van der Waals surface area contributed by atoms with Gasteiger partial charge in [-0.05, 0) is 44.5 Å². The number of rotatable bonds is 2. The summed E-state index contributed by atoms with van der Waals surface area (Å²) in [6.45, 7) is 6.47. The Morgan fingerprint density at radius 1 is 1.32 bits per heavy atom. The number of nitrogens with zero attached hydrogens (tertiary/aromatic N) is 1. The summed E-state index contributed by atoms with van der Waals surface area (Å²) >= 11 is 3.49. The van der Waals surface area contributed by atoms with Crippen molar-refractivity contribution in [3.05, 3.63) is 40.0 Å². The number of halogens is 1. The molecule has 3 rings (SSSR count). The van der Waals surface area contributed by atoms with E-state index in [0.29, 0.717) is 24.2 Å². The van der Waals surface area contributed by atoms with Crippen molar-refractivity contribution in [1.82, 2.24) is 9.88 Å². The average Bonchev–Trinajstić information content (AvgIpc) is 3.12. The van der Waals surface area contributed by atoms with Gasteiger partial charge < -0.3 is 20.4 Å². The van der Waals surface area contributed by atoms with Crippen LogP contribution in [-0.4, -0.2) is 40.6 Å². The summed E-state index contributed by atoms with van der Waals surface area (Å²) in [4.78, 5) is 28.7. The molecule has 25 heavy (non-hydrogen) atoms. The zero-order valence-electron chi connectivity index (χ0n) is 14.4. The van der Waals surface area contributed by atoms with Gasteiger partial charge >= 0.3 is 6.09 Å². The zero-order chi connectivity index (χ0) is 18.4. The van der Waals surface area contributed by atoms with Gasteiger partial charge in [0, 0.05) is 22.1 Å². The number of benzene rings is 1. The molecule has 1 aliphatic heterocycles. The van der Waals surface area contributed by atoms with Crippen LogP contribution in [0.2, 0.25) is 0 Å². The quantitative estimate of drug-likeness (QED) is 0.798. The molecule has 0 saturated carbocycles. The van der Waals surface area contributed by atoms with Crippen LogP contribution in [0, 0.1) is 0 Å². The van der Waals surface area contributed by atoms with Crippen LogP contribution in [0.3, 0.4) is 0 Å². The van der Waals surface area contributed by atoms with E-state index in [-0.39, 0.29) is 6.09 Å². The SMILES string of the molecule is CC(C)(C)OC(=O)N1CC=C(c2cc3c(Br)ccc(C(N)=O)c3[nH]2)C1. The highest BCUT2D eigenvalue weighted by molar-refractivity contribution is 9.10. The molecule has 0 spiro atoms. The molecule has 0 saturated heterocycles. The third kappa shape index (κ3) is 3.56. The number of hydrogen-bond acceptors (Lipinski definition) is 3. The van der Waals surface area contributed by atoms with Gasteiger partial charge in [0.2, 0.25) is 0 Å². The van der Waals surface area contributed by atoms with Gasteiger partial charge in [0.05, 0.1) is 17.6 Å². The van der Waals surface area contributed by atoms with Crippen LogP contribution in [-0.2, 0) is 4.74 Å². The van der Waals surface area contributed by atoms with Crippen molar-refractivity contribution in [1.29, 1.82) is 0 Å². The summed E-state index contributed by atoms with van der Waals surface area (Å²) in [5, 5.41) is 0.878. The Balaban J connectivity index is 1.86. The molecule has 3 N–H and O–H groups in total. The number of nitrogens with one attached hydrogen (secondary N) is 1. The number of aromatic nitrogens is 1. The van der Waals surface area contributed by atoms with Crippen molar-refractivity contribution in [2.45, 2.75) is 26.4 Å². The van der Waals surface area contributed by atoms with Gasteiger partial charge in [-0.25, -0.2) is 4.79 Å². The normalized spacial score (nSPS) is 14.7. The number of hydrogen-bond donors (Lipinski definition) is 2. The van der Waals surface area contributed by atoms with Crippen molar-refractivity contribution in [2.75, 3.05) is 13.1 Å². The molecule has 7 heteroatoms. The van der Waals surface area contributed by atoms with Gasteiger partial charge in [-0.1, -0.05) is 22.0 Å². The van der Waals surface area contributed by atoms with Crippen molar-refractivity contribution in [2.24, 2.45) is 5.73 Å². The molecule has 0 unspecified atom stereocenters. The standard InChI is InChI=1S/C18H20BrN3O3/c1-18(2,3)25-17(24)22-7-6-10(9-22)14-8-12-13(19)5-4-11(16(20)23)15(12)21-14/h4-6,8,21H,7,9H2,1-3H3,(H2,20,23). The maximum absolute atomic E-state index is 12.2. The van der Waals surface area contributed by atoms with E-state index in [0.717, 1.165) is 21.1 Å². The van der Waals surface area contributed by atoms with Crippen LogP contribution in [0.5, 0.6) is 0 Å². The predicted molar refractivity (Wildman–Crippen MR) is 100 cm³/mol. The van der Waals surface area contributed by atoms with Gasteiger partial charge in [-0.3, -0.25) is 4.79 Å². The number of primary amides is 1. The number of aromatic amines is 1. The fraction of sp³-hybridized carbons (Fsp3) is 0.333. The van der Waals surface area contributed by atoms with E-state index >= 15 is 0 Å². The molecule has 0 bridgehead atoms. The number of amides is 2.